The van der Waals surface area contributed by atoms with Gasteiger partial charge in [0.1, 0.15) is 17.6 Å². The molecule has 0 aromatic heterocycles. The summed E-state index contributed by atoms with van der Waals surface area (Å²) in [5, 5.41) is 21.3. The largest absolute Gasteiger partial charge is 0.489 e. The van der Waals surface area contributed by atoms with Crippen LogP contribution in [0.15, 0.2) is 76.9 Å². The van der Waals surface area contributed by atoms with E-state index in [0.717, 1.165) is 28.3 Å². The number of hydrogen-bond acceptors (Lipinski definition) is 6. The smallest absolute Gasteiger partial charge is 0.305 e. The fourth-order valence-corrected chi connectivity index (χ4v) is 4.07. The normalized spacial score (nSPS) is 17.4. The third-order valence-corrected chi connectivity index (χ3v) is 5.70. The zero-order chi connectivity index (χ0) is 21.6. The number of carbonyl (C=O) groups excluding carboxylic acids is 1. The Balaban J connectivity index is 1.39. The van der Waals surface area contributed by atoms with Crippen molar-refractivity contribution in [2.45, 2.75) is 18.3 Å². The van der Waals surface area contributed by atoms with Crippen molar-refractivity contribution in [1.29, 1.82) is 0 Å². The molecular formula is C23H19N3O4S. The van der Waals surface area contributed by atoms with E-state index in [-0.39, 0.29) is 17.5 Å². The minimum Gasteiger partial charge on any atom is -0.489 e. The van der Waals surface area contributed by atoms with Crippen molar-refractivity contribution in [3.05, 3.63) is 77.9 Å². The standard InChI is InChI=1S/C23H19N3O4S/c27-21(28)12-20-22(29)25-23(31-20)26-24-13-15-5-3-9-18(11-15)30-14-17-8-4-7-16-6-1-2-10-19(16)17/h1-11,13,20H,12,14H2,(H,27,28)(H,25,26,29)/b24-13-/t20-/m1/s1. The molecule has 3 aromatic carbocycles. The highest BCUT2D eigenvalue weighted by Crippen LogP contribution is 2.23. The average molecular weight is 433 g/mol. The molecule has 0 bridgehead atoms. The SMILES string of the molecule is O=C(O)C[C@H]1S/C(=N\N=C/c2cccc(OCc3cccc4ccccc34)c2)NC1=O. The van der Waals surface area contributed by atoms with Crippen LogP contribution >= 0.6 is 11.8 Å². The first kappa shape index (κ1) is 20.6. The molecule has 1 aliphatic rings. The maximum atomic E-state index is 11.7. The summed E-state index contributed by atoms with van der Waals surface area (Å²) >= 11 is 1.06. The van der Waals surface area contributed by atoms with Crippen molar-refractivity contribution in [3.63, 3.8) is 0 Å². The predicted octanol–water partition coefficient (Wildman–Crippen LogP) is 3.82. The van der Waals surface area contributed by atoms with Gasteiger partial charge in [-0.15, -0.1) is 5.10 Å². The van der Waals surface area contributed by atoms with Gasteiger partial charge in [-0.05, 0) is 34.0 Å². The molecular weight excluding hydrogens is 414 g/mol. The number of carboxylic acids is 1. The number of carbonyl (C=O) groups is 2. The number of amides is 1. The highest BCUT2D eigenvalue weighted by molar-refractivity contribution is 8.15. The number of benzene rings is 3. The van der Waals surface area contributed by atoms with Crippen molar-refractivity contribution in [2.75, 3.05) is 0 Å². The third kappa shape index (κ3) is 5.29. The molecule has 0 radical (unpaired) electrons. The number of fused-ring (bicyclic) bond motifs is 1. The number of carboxylic acid groups (broad SMARTS) is 1. The van der Waals surface area contributed by atoms with Crippen LogP contribution in [-0.2, 0) is 16.2 Å². The molecule has 1 atom stereocenters. The molecule has 1 amide bonds. The number of hydrogen-bond donors (Lipinski definition) is 2. The zero-order valence-electron chi connectivity index (χ0n) is 16.4. The van der Waals surface area contributed by atoms with E-state index in [1.54, 1.807) is 6.21 Å². The number of aliphatic carboxylic acids is 1. The molecule has 3 aromatic rings. The number of rotatable bonds is 7. The Morgan fingerprint density at radius 1 is 1.13 bits per heavy atom. The molecule has 2 N–H and O–H groups in total. The van der Waals surface area contributed by atoms with E-state index in [2.05, 4.69) is 39.8 Å². The molecule has 8 heteroatoms. The van der Waals surface area contributed by atoms with Crippen LogP contribution in [0.1, 0.15) is 17.5 Å². The summed E-state index contributed by atoms with van der Waals surface area (Å²) in [6.45, 7) is 0.442. The molecule has 0 spiro atoms. The second kappa shape index (κ2) is 9.44. The average Bonchev–Trinajstić information content (AvgIpc) is 3.11. The van der Waals surface area contributed by atoms with Gasteiger partial charge in [0, 0.05) is 0 Å². The topological polar surface area (TPSA) is 100 Å². The van der Waals surface area contributed by atoms with Crippen LogP contribution < -0.4 is 10.1 Å². The van der Waals surface area contributed by atoms with Crippen LogP contribution in [-0.4, -0.2) is 33.6 Å². The lowest BCUT2D eigenvalue weighted by molar-refractivity contribution is -0.138. The molecule has 1 fully saturated rings. The molecule has 1 aliphatic heterocycles. The monoisotopic (exact) mass is 433 g/mol. The number of thioether (sulfide) groups is 1. The highest BCUT2D eigenvalue weighted by Gasteiger charge is 2.32. The number of ether oxygens (including phenoxy) is 1. The van der Waals surface area contributed by atoms with E-state index in [1.807, 2.05) is 42.5 Å². The summed E-state index contributed by atoms with van der Waals surface area (Å²) in [5.41, 5.74) is 1.89. The summed E-state index contributed by atoms with van der Waals surface area (Å²) in [5.74, 6) is -0.697. The van der Waals surface area contributed by atoms with Gasteiger partial charge in [0.05, 0.1) is 12.6 Å². The van der Waals surface area contributed by atoms with E-state index in [1.165, 1.54) is 5.39 Å². The molecule has 7 nitrogen and oxygen atoms in total. The van der Waals surface area contributed by atoms with Gasteiger partial charge in [-0.2, -0.15) is 5.10 Å². The van der Waals surface area contributed by atoms with E-state index in [4.69, 9.17) is 9.84 Å². The molecule has 156 valence electrons. The molecule has 0 aliphatic carbocycles. The van der Waals surface area contributed by atoms with Crippen LogP contribution in [0.5, 0.6) is 5.75 Å². The van der Waals surface area contributed by atoms with Crippen LogP contribution in [0.3, 0.4) is 0 Å². The lowest BCUT2D eigenvalue weighted by Gasteiger charge is -2.09. The van der Waals surface area contributed by atoms with Crippen LogP contribution in [0.2, 0.25) is 0 Å². The highest BCUT2D eigenvalue weighted by atomic mass is 32.2. The number of amidine groups is 1. The third-order valence-electron chi connectivity index (χ3n) is 4.62. The number of nitrogens with zero attached hydrogens (tertiary/aromatic N) is 2. The lowest BCUT2D eigenvalue weighted by Crippen LogP contribution is -2.26. The summed E-state index contributed by atoms with van der Waals surface area (Å²) in [4.78, 5) is 22.5. The first-order valence-corrected chi connectivity index (χ1v) is 10.5. The van der Waals surface area contributed by atoms with Crippen molar-refractivity contribution >= 4 is 45.8 Å². The van der Waals surface area contributed by atoms with Crippen LogP contribution in [0.4, 0.5) is 0 Å². The maximum Gasteiger partial charge on any atom is 0.305 e. The van der Waals surface area contributed by atoms with Gasteiger partial charge in [0.15, 0.2) is 5.17 Å². The van der Waals surface area contributed by atoms with Crippen molar-refractivity contribution in [1.82, 2.24) is 5.32 Å². The van der Waals surface area contributed by atoms with Crippen molar-refractivity contribution < 1.29 is 19.4 Å². The molecule has 0 unspecified atom stereocenters. The van der Waals surface area contributed by atoms with Gasteiger partial charge in [0.2, 0.25) is 5.91 Å². The van der Waals surface area contributed by atoms with Gasteiger partial charge in [-0.3, -0.25) is 9.59 Å². The minimum absolute atomic E-state index is 0.255. The predicted molar refractivity (Wildman–Crippen MR) is 122 cm³/mol. The Morgan fingerprint density at radius 3 is 2.81 bits per heavy atom. The summed E-state index contributed by atoms with van der Waals surface area (Å²) in [6.07, 6.45) is 1.30. The lowest BCUT2D eigenvalue weighted by atomic mass is 10.1. The molecule has 4 rings (SSSR count). The van der Waals surface area contributed by atoms with Crippen molar-refractivity contribution in [3.8, 4) is 5.75 Å². The maximum absolute atomic E-state index is 11.7. The van der Waals surface area contributed by atoms with Gasteiger partial charge < -0.3 is 15.2 Å². The fourth-order valence-electron chi connectivity index (χ4n) is 3.16. The van der Waals surface area contributed by atoms with Gasteiger partial charge in [0.25, 0.3) is 0 Å². The van der Waals surface area contributed by atoms with Gasteiger partial charge in [-0.1, -0.05) is 66.4 Å². The van der Waals surface area contributed by atoms with Crippen molar-refractivity contribution in [2.24, 2.45) is 10.2 Å². The Bertz CT molecular complexity index is 1190. The van der Waals surface area contributed by atoms with Crippen LogP contribution in [0.25, 0.3) is 10.8 Å². The molecule has 1 saturated heterocycles. The van der Waals surface area contributed by atoms with E-state index < -0.39 is 11.2 Å². The van der Waals surface area contributed by atoms with Gasteiger partial charge >= 0.3 is 5.97 Å². The first-order chi connectivity index (χ1) is 15.1. The van der Waals surface area contributed by atoms with E-state index in [0.29, 0.717) is 12.4 Å². The fraction of sp³-hybridized carbons (Fsp3) is 0.130. The second-order valence-corrected chi connectivity index (χ2v) is 8.03. The Morgan fingerprint density at radius 2 is 1.94 bits per heavy atom. The number of nitrogens with one attached hydrogen (secondary N) is 1. The Kier molecular flexibility index (Phi) is 6.28. The summed E-state index contributed by atoms with van der Waals surface area (Å²) in [7, 11) is 0. The summed E-state index contributed by atoms with van der Waals surface area (Å²) < 4.78 is 5.97. The zero-order valence-corrected chi connectivity index (χ0v) is 17.2. The minimum atomic E-state index is -1.03. The quantitative estimate of drug-likeness (QED) is 0.436. The Labute approximate surface area is 182 Å². The first-order valence-electron chi connectivity index (χ1n) is 9.58. The molecule has 0 saturated carbocycles. The van der Waals surface area contributed by atoms with E-state index >= 15 is 0 Å². The molecule has 1 heterocycles. The molecule has 31 heavy (non-hydrogen) atoms. The Hall–Kier alpha value is -3.65. The second-order valence-electron chi connectivity index (χ2n) is 6.84. The van der Waals surface area contributed by atoms with Gasteiger partial charge in [-0.25, -0.2) is 0 Å². The summed E-state index contributed by atoms with van der Waals surface area (Å²) in [6, 6.07) is 21.8. The van der Waals surface area contributed by atoms with E-state index in [9.17, 15) is 9.59 Å². The van der Waals surface area contributed by atoms with Crippen LogP contribution in [0, 0.1) is 0 Å².